The molecule has 1 atom stereocenters. The molecule has 2 N–H and O–H groups in total. The van der Waals surface area contributed by atoms with E-state index in [4.69, 9.17) is 9.97 Å². The number of carbonyl (C=O) groups excluding carboxylic acids is 1. The largest absolute Gasteiger partial charge is 0.340 e. The number of aromatic nitrogens is 3. The first-order valence-electron chi connectivity index (χ1n) is 10.3. The number of amides is 1. The van der Waals surface area contributed by atoms with E-state index in [-0.39, 0.29) is 17.6 Å². The molecule has 0 spiro atoms. The number of anilines is 3. The van der Waals surface area contributed by atoms with Gasteiger partial charge in [0.2, 0.25) is 5.91 Å². The van der Waals surface area contributed by atoms with E-state index in [9.17, 15) is 9.18 Å². The van der Waals surface area contributed by atoms with Gasteiger partial charge in [-0.2, -0.15) is 0 Å². The highest BCUT2D eigenvalue weighted by molar-refractivity contribution is 5.89. The summed E-state index contributed by atoms with van der Waals surface area (Å²) >= 11 is 0. The molecule has 0 radical (unpaired) electrons. The molecule has 3 heterocycles. The number of halogens is 1. The average Bonchev–Trinajstić information content (AvgIpc) is 2.73. The highest BCUT2D eigenvalue weighted by atomic mass is 19.1. The summed E-state index contributed by atoms with van der Waals surface area (Å²) in [5, 5.41) is 5.95. The van der Waals surface area contributed by atoms with Crippen molar-refractivity contribution in [3.05, 3.63) is 60.4 Å². The minimum atomic E-state index is -0.319. The van der Waals surface area contributed by atoms with Crippen molar-refractivity contribution in [2.75, 3.05) is 30.8 Å². The third kappa shape index (κ3) is 5.40. The topological polar surface area (TPSA) is 83.0 Å². The van der Waals surface area contributed by atoms with Crippen LogP contribution in [0, 0.1) is 5.82 Å². The third-order valence-electron chi connectivity index (χ3n) is 5.18. The molecule has 0 aliphatic carbocycles. The predicted octanol–water partition coefficient (Wildman–Crippen LogP) is 4.19. The molecule has 31 heavy (non-hydrogen) atoms. The zero-order chi connectivity index (χ0) is 21.8. The van der Waals surface area contributed by atoms with E-state index in [1.54, 1.807) is 24.5 Å². The molecule has 1 aliphatic heterocycles. The predicted molar refractivity (Wildman–Crippen MR) is 119 cm³/mol. The highest BCUT2D eigenvalue weighted by Crippen LogP contribution is 2.29. The fourth-order valence-electron chi connectivity index (χ4n) is 3.80. The molecule has 1 amide bonds. The lowest BCUT2D eigenvalue weighted by Crippen LogP contribution is -2.31. The van der Waals surface area contributed by atoms with E-state index in [1.165, 1.54) is 19.1 Å². The first-order valence-corrected chi connectivity index (χ1v) is 10.3. The van der Waals surface area contributed by atoms with Crippen molar-refractivity contribution in [3.63, 3.8) is 0 Å². The van der Waals surface area contributed by atoms with E-state index in [2.05, 4.69) is 27.6 Å². The van der Waals surface area contributed by atoms with Crippen molar-refractivity contribution in [3.8, 4) is 11.3 Å². The van der Waals surface area contributed by atoms with Gasteiger partial charge >= 0.3 is 0 Å². The maximum atomic E-state index is 13.7. The van der Waals surface area contributed by atoms with Crippen LogP contribution in [0.5, 0.6) is 0 Å². The zero-order valence-corrected chi connectivity index (χ0v) is 17.6. The molecule has 0 saturated carbocycles. The summed E-state index contributed by atoms with van der Waals surface area (Å²) in [5.74, 6) is 1.05. The van der Waals surface area contributed by atoms with Crippen LogP contribution in [0.15, 0.2) is 48.8 Å². The summed E-state index contributed by atoms with van der Waals surface area (Å²) in [6, 6.07) is 9.92. The van der Waals surface area contributed by atoms with Crippen molar-refractivity contribution in [2.45, 2.75) is 25.7 Å². The van der Waals surface area contributed by atoms with E-state index in [0.717, 1.165) is 37.3 Å². The zero-order valence-electron chi connectivity index (χ0n) is 17.6. The first-order chi connectivity index (χ1) is 15.0. The quantitative estimate of drug-likeness (QED) is 0.644. The number of nitrogens with one attached hydrogen (secondary N) is 2. The number of nitrogens with zero attached hydrogens (tertiary/aromatic N) is 4. The number of hydrogen-bond donors (Lipinski definition) is 2. The van der Waals surface area contributed by atoms with Crippen LogP contribution in [0.25, 0.3) is 11.3 Å². The lowest BCUT2D eigenvalue weighted by Gasteiger charge is -2.29. The van der Waals surface area contributed by atoms with Crippen LogP contribution in [-0.4, -0.2) is 45.9 Å². The monoisotopic (exact) mass is 420 g/mol. The summed E-state index contributed by atoms with van der Waals surface area (Å²) in [6.07, 6.45) is 5.39. The summed E-state index contributed by atoms with van der Waals surface area (Å²) in [4.78, 5) is 27.5. The second kappa shape index (κ2) is 9.18. The van der Waals surface area contributed by atoms with Gasteiger partial charge in [0, 0.05) is 42.9 Å². The Bertz CT molecular complexity index is 1090. The van der Waals surface area contributed by atoms with Crippen LogP contribution in [0.2, 0.25) is 0 Å². The third-order valence-corrected chi connectivity index (χ3v) is 5.18. The van der Waals surface area contributed by atoms with Gasteiger partial charge in [-0.3, -0.25) is 9.78 Å². The first kappa shape index (κ1) is 20.9. The maximum Gasteiger partial charge on any atom is 0.221 e. The number of likely N-dealkylation sites (tertiary alicyclic amines) is 1. The average molecular weight is 420 g/mol. The molecule has 2 aromatic heterocycles. The molecule has 3 aromatic rings. The Morgan fingerprint density at radius 3 is 2.81 bits per heavy atom. The lowest BCUT2D eigenvalue weighted by atomic mass is 9.97. The second-order valence-corrected chi connectivity index (χ2v) is 7.88. The van der Waals surface area contributed by atoms with Gasteiger partial charge in [-0.1, -0.05) is 6.07 Å². The van der Waals surface area contributed by atoms with Crippen molar-refractivity contribution in [1.82, 2.24) is 19.9 Å². The molecule has 7 nitrogen and oxygen atoms in total. The standard InChI is InChI=1S/C23H25FN6O/c1-15(31)26-20-9-17(12-25-13-20)21-11-22(27-19-7-3-6-18(24)10-19)29-23(28-21)16-5-4-8-30(2)14-16/h3,6-7,9-13,16H,4-5,8,14H2,1-2H3,(H,26,31)(H,27,28,29). The number of benzene rings is 1. The number of rotatable bonds is 5. The van der Waals surface area contributed by atoms with E-state index in [1.807, 2.05) is 12.1 Å². The molecule has 1 saturated heterocycles. The molecule has 4 rings (SSSR count). The van der Waals surface area contributed by atoms with E-state index < -0.39 is 0 Å². The molecule has 160 valence electrons. The Kier molecular flexibility index (Phi) is 6.18. The molecule has 0 bridgehead atoms. The molecule has 1 aromatic carbocycles. The minimum absolute atomic E-state index is 0.166. The van der Waals surface area contributed by atoms with Crippen LogP contribution >= 0.6 is 0 Å². The van der Waals surface area contributed by atoms with Gasteiger partial charge in [-0.15, -0.1) is 0 Å². The normalized spacial score (nSPS) is 16.7. The molecular weight excluding hydrogens is 395 g/mol. The van der Waals surface area contributed by atoms with Gasteiger partial charge in [-0.25, -0.2) is 14.4 Å². The SMILES string of the molecule is CC(=O)Nc1cncc(-c2cc(Nc3cccc(F)c3)nc(C3CCCN(C)C3)n2)c1. The Balaban J connectivity index is 1.73. The fourth-order valence-corrected chi connectivity index (χ4v) is 3.80. The van der Waals surface area contributed by atoms with E-state index >= 15 is 0 Å². The lowest BCUT2D eigenvalue weighted by molar-refractivity contribution is -0.114. The maximum absolute atomic E-state index is 13.7. The number of hydrogen-bond acceptors (Lipinski definition) is 6. The molecule has 1 fully saturated rings. The summed E-state index contributed by atoms with van der Waals surface area (Å²) in [7, 11) is 2.10. The van der Waals surface area contributed by atoms with Crippen LogP contribution < -0.4 is 10.6 Å². The van der Waals surface area contributed by atoms with Gasteiger partial charge in [0.15, 0.2) is 0 Å². The Morgan fingerprint density at radius 2 is 2.03 bits per heavy atom. The van der Waals surface area contributed by atoms with Crippen LogP contribution in [0.1, 0.15) is 31.5 Å². The number of carbonyl (C=O) groups is 1. The molecule has 1 unspecified atom stereocenters. The van der Waals surface area contributed by atoms with Gasteiger partial charge in [0.05, 0.1) is 17.6 Å². The fraction of sp³-hybridized carbons (Fsp3) is 0.304. The Hall–Kier alpha value is -3.39. The van der Waals surface area contributed by atoms with Gasteiger partial charge in [0.25, 0.3) is 0 Å². The van der Waals surface area contributed by atoms with Crippen LogP contribution in [0.4, 0.5) is 21.6 Å². The van der Waals surface area contributed by atoms with Crippen molar-refractivity contribution < 1.29 is 9.18 Å². The summed E-state index contributed by atoms with van der Waals surface area (Å²) in [5.41, 5.74) is 2.67. The highest BCUT2D eigenvalue weighted by Gasteiger charge is 2.23. The smallest absolute Gasteiger partial charge is 0.221 e. The molecule has 8 heteroatoms. The van der Waals surface area contributed by atoms with Crippen LogP contribution in [0.3, 0.4) is 0 Å². The Morgan fingerprint density at radius 1 is 1.16 bits per heavy atom. The molecule has 1 aliphatic rings. The van der Waals surface area contributed by atoms with Gasteiger partial charge in [-0.05, 0) is 50.7 Å². The van der Waals surface area contributed by atoms with Crippen LogP contribution in [-0.2, 0) is 4.79 Å². The summed E-state index contributed by atoms with van der Waals surface area (Å²) in [6.45, 7) is 3.40. The van der Waals surface area contributed by atoms with Crippen molar-refractivity contribution in [1.29, 1.82) is 0 Å². The molecular formula is C23H25FN6O. The minimum Gasteiger partial charge on any atom is -0.340 e. The number of piperidine rings is 1. The Labute approximate surface area is 180 Å². The van der Waals surface area contributed by atoms with Gasteiger partial charge < -0.3 is 15.5 Å². The van der Waals surface area contributed by atoms with Crippen molar-refractivity contribution >= 4 is 23.1 Å². The number of pyridine rings is 1. The van der Waals surface area contributed by atoms with Gasteiger partial charge in [0.1, 0.15) is 17.5 Å². The van der Waals surface area contributed by atoms with E-state index in [0.29, 0.717) is 22.9 Å². The number of likely N-dealkylation sites (N-methyl/N-ethyl adjacent to an activating group) is 1. The second-order valence-electron chi connectivity index (χ2n) is 7.88. The summed E-state index contributed by atoms with van der Waals surface area (Å²) < 4.78 is 13.7. The van der Waals surface area contributed by atoms with Crippen molar-refractivity contribution in [2.24, 2.45) is 0 Å².